The summed E-state index contributed by atoms with van der Waals surface area (Å²) in [6.07, 6.45) is 12.0. The second kappa shape index (κ2) is 8.72. The molecule has 2 aromatic rings. The number of benzene rings is 1. The third-order valence-corrected chi connectivity index (χ3v) is 6.94. The van der Waals surface area contributed by atoms with E-state index in [-0.39, 0.29) is 5.91 Å². The zero-order chi connectivity index (χ0) is 20.3. The quantitative estimate of drug-likeness (QED) is 0.829. The molecule has 0 radical (unpaired) electrons. The Hall–Kier alpha value is -2.47. The number of rotatable bonds is 5. The number of carbonyl (C=O) groups is 1. The lowest BCUT2D eigenvalue weighted by atomic mass is 9.91. The number of fused-ring (bicyclic) bond motifs is 1. The van der Waals surface area contributed by atoms with E-state index in [2.05, 4.69) is 43.3 Å². The van der Waals surface area contributed by atoms with E-state index in [0.717, 1.165) is 50.0 Å². The Labute approximate surface area is 178 Å². The first kappa shape index (κ1) is 19.5. The molecular weight excluding hydrogens is 374 g/mol. The number of anilines is 1. The van der Waals surface area contributed by atoms with Crippen LogP contribution in [0.1, 0.15) is 59.2 Å². The summed E-state index contributed by atoms with van der Waals surface area (Å²) in [6, 6.07) is 7.52. The average Bonchev–Trinajstić information content (AvgIpc) is 3.20. The summed E-state index contributed by atoms with van der Waals surface area (Å²) in [5.41, 5.74) is 4.59. The van der Waals surface area contributed by atoms with Crippen LogP contribution in [-0.4, -0.2) is 53.0 Å². The third-order valence-electron chi connectivity index (χ3n) is 6.94. The van der Waals surface area contributed by atoms with Crippen molar-refractivity contribution in [2.75, 3.05) is 31.1 Å². The van der Waals surface area contributed by atoms with Crippen LogP contribution in [0.2, 0.25) is 0 Å². The molecule has 1 amide bonds. The van der Waals surface area contributed by atoms with Gasteiger partial charge in [0.1, 0.15) is 0 Å². The third kappa shape index (κ3) is 4.19. The number of aromatic nitrogens is 2. The van der Waals surface area contributed by atoms with Crippen LogP contribution >= 0.6 is 0 Å². The number of nitrogens with one attached hydrogen (secondary N) is 1. The topological polar surface area (TPSA) is 61.4 Å². The van der Waals surface area contributed by atoms with Crippen LogP contribution in [0.5, 0.6) is 0 Å². The Morgan fingerprint density at radius 2 is 1.70 bits per heavy atom. The summed E-state index contributed by atoms with van der Waals surface area (Å²) in [4.78, 5) is 26.2. The largest absolute Gasteiger partial charge is 0.348 e. The molecule has 1 aromatic carbocycles. The van der Waals surface area contributed by atoms with E-state index in [9.17, 15) is 4.79 Å². The van der Waals surface area contributed by atoms with Crippen molar-refractivity contribution < 1.29 is 4.79 Å². The van der Waals surface area contributed by atoms with Crippen molar-refractivity contribution in [2.45, 2.75) is 57.5 Å². The van der Waals surface area contributed by atoms with Crippen LogP contribution < -0.4 is 10.2 Å². The first-order chi connectivity index (χ1) is 14.8. The maximum Gasteiger partial charge on any atom is 0.254 e. The van der Waals surface area contributed by atoms with E-state index in [1.807, 2.05) is 0 Å². The Balaban J connectivity index is 1.17. The average molecular weight is 406 g/mol. The molecule has 1 N–H and O–H groups in total. The van der Waals surface area contributed by atoms with Crippen LogP contribution in [-0.2, 0) is 19.4 Å². The number of carbonyl (C=O) groups excluding carboxylic acids is 1. The predicted octanol–water partition coefficient (Wildman–Crippen LogP) is 2.96. The zero-order valence-electron chi connectivity index (χ0n) is 17.6. The highest BCUT2D eigenvalue weighted by molar-refractivity contribution is 5.93. The van der Waals surface area contributed by atoms with Gasteiger partial charge in [0.15, 0.2) is 0 Å². The van der Waals surface area contributed by atoms with Gasteiger partial charge in [-0.1, -0.05) is 24.6 Å². The summed E-state index contributed by atoms with van der Waals surface area (Å²) in [6.45, 7) is 4.88. The molecule has 0 spiro atoms. The molecule has 2 fully saturated rings. The van der Waals surface area contributed by atoms with Crippen LogP contribution in [0.25, 0.3) is 0 Å². The predicted molar refractivity (Wildman–Crippen MR) is 118 cm³/mol. The number of hydrogen-bond acceptors (Lipinski definition) is 5. The Bertz CT molecular complexity index is 887. The highest BCUT2D eigenvalue weighted by atomic mass is 16.1. The molecule has 2 aliphatic heterocycles. The minimum atomic E-state index is -0.117. The van der Waals surface area contributed by atoms with Gasteiger partial charge < -0.3 is 10.2 Å². The molecule has 30 heavy (non-hydrogen) atoms. The normalized spacial score (nSPS) is 19.8. The number of hydrogen-bond donors (Lipinski definition) is 1. The summed E-state index contributed by atoms with van der Waals surface area (Å²) in [7, 11) is 0. The maximum absolute atomic E-state index is 12.5. The van der Waals surface area contributed by atoms with Gasteiger partial charge in [-0.3, -0.25) is 9.69 Å². The molecule has 1 aromatic heterocycles. The Morgan fingerprint density at radius 3 is 2.40 bits per heavy atom. The lowest BCUT2D eigenvalue weighted by molar-refractivity contribution is 0.0950. The summed E-state index contributed by atoms with van der Waals surface area (Å²) < 4.78 is 0. The Kier molecular flexibility index (Phi) is 5.67. The van der Waals surface area contributed by atoms with Crippen LogP contribution in [0.3, 0.4) is 0 Å². The lowest BCUT2D eigenvalue weighted by Gasteiger charge is -2.36. The van der Waals surface area contributed by atoms with Gasteiger partial charge >= 0.3 is 0 Å². The van der Waals surface area contributed by atoms with Crippen molar-refractivity contribution in [3.63, 3.8) is 0 Å². The molecule has 0 unspecified atom stereocenters. The zero-order valence-corrected chi connectivity index (χ0v) is 17.6. The van der Waals surface area contributed by atoms with Crippen LogP contribution in [0, 0.1) is 0 Å². The van der Waals surface area contributed by atoms with E-state index in [1.165, 1.54) is 49.8 Å². The molecule has 3 aliphatic rings. The molecule has 0 bridgehead atoms. The molecule has 0 atom stereocenters. The molecule has 1 aliphatic carbocycles. The molecule has 3 heterocycles. The van der Waals surface area contributed by atoms with E-state index in [1.54, 1.807) is 12.4 Å². The molecule has 158 valence electrons. The van der Waals surface area contributed by atoms with Gasteiger partial charge in [-0.15, -0.1) is 0 Å². The fourth-order valence-electron chi connectivity index (χ4n) is 4.83. The van der Waals surface area contributed by atoms with Gasteiger partial charge in [0.05, 0.1) is 5.56 Å². The van der Waals surface area contributed by atoms with Gasteiger partial charge in [-0.05, 0) is 55.2 Å². The van der Waals surface area contributed by atoms with Gasteiger partial charge in [0, 0.05) is 51.2 Å². The van der Waals surface area contributed by atoms with Gasteiger partial charge in [-0.2, -0.15) is 0 Å². The summed E-state index contributed by atoms with van der Waals surface area (Å²) in [5.74, 6) is 0.611. The maximum atomic E-state index is 12.5. The van der Waals surface area contributed by atoms with Crippen molar-refractivity contribution in [1.29, 1.82) is 0 Å². The van der Waals surface area contributed by atoms with Crippen molar-refractivity contribution >= 4 is 11.9 Å². The van der Waals surface area contributed by atoms with E-state index >= 15 is 0 Å². The molecule has 1 saturated heterocycles. The molecule has 1 saturated carbocycles. The summed E-state index contributed by atoms with van der Waals surface area (Å²) in [5, 5.41) is 3.03. The second-order valence-electron chi connectivity index (χ2n) is 8.87. The van der Waals surface area contributed by atoms with Crippen molar-refractivity contribution in [3.05, 3.63) is 52.8 Å². The van der Waals surface area contributed by atoms with Crippen molar-refractivity contribution in [2.24, 2.45) is 0 Å². The van der Waals surface area contributed by atoms with E-state index in [4.69, 9.17) is 0 Å². The summed E-state index contributed by atoms with van der Waals surface area (Å²) >= 11 is 0. The molecular formula is C24H31N5O. The van der Waals surface area contributed by atoms with Gasteiger partial charge in [0.25, 0.3) is 5.91 Å². The SMILES string of the molecule is O=C(NCc1ccc2c(c1)CCN(C1CCC1)CC2)c1cnc(N2CCCC2)nc1. The first-order valence-corrected chi connectivity index (χ1v) is 11.5. The smallest absolute Gasteiger partial charge is 0.254 e. The molecule has 6 heteroatoms. The van der Waals surface area contributed by atoms with Crippen LogP contribution in [0.4, 0.5) is 5.95 Å². The highest BCUT2D eigenvalue weighted by Gasteiger charge is 2.26. The fraction of sp³-hybridized carbons (Fsp3) is 0.542. The first-order valence-electron chi connectivity index (χ1n) is 11.5. The van der Waals surface area contributed by atoms with Gasteiger partial charge in [-0.25, -0.2) is 9.97 Å². The molecule has 5 rings (SSSR count). The van der Waals surface area contributed by atoms with Crippen molar-refractivity contribution in [1.82, 2.24) is 20.2 Å². The minimum Gasteiger partial charge on any atom is -0.348 e. The lowest BCUT2D eigenvalue weighted by Crippen LogP contribution is -2.41. The Morgan fingerprint density at radius 1 is 0.967 bits per heavy atom. The fourth-order valence-corrected chi connectivity index (χ4v) is 4.83. The highest BCUT2D eigenvalue weighted by Crippen LogP contribution is 2.27. The monoisotopic (exact) mass is 405 g/mol. The molecule has 6 nitrogen and oxygen atoms in total. The van der Waals surface area contributed by atoms with E-state index < -0.39 is 0 Å². The number of amides is 1. The standard InChI is InChI=1S/C24H31N5O/c30-23(21-16-26-24(27-17-21)29-10-1-2-11-29)25-15-18-6-7-19-8-12-28(22-4-3-5-22)13-9-20(19)14-18/h6-7,14,16-17,22H,1-5,8-13,15H2,(H,25,30). The van der Waals surface area contributed by atoms with Gasteiger partial charge in [0.2, 0.25) is 5.95 Å². The number of nitrogens with zero attached hydrogens (tertiary/aromatic N) is 4. The van der Waals surface area contributed by atoms with Crippen LogP contribution in [0.15, 0.2) is 30.6 Å². The van der Waals surface area contributed by atoms with E-state index in [0.29, 0.717) is 12.1 Å². The minimum absolute atomic E-state index is 0.117. The second-order valence-corrected chi connectivity index (χ2v) is 8.87. The van der Waals surface area contributed by atoms with Crippen molar-refractivity contribution in [3.8, 4) is 0 Å².